The fourth-order valence-electron chi connectivity index (χ4n) is 3.98. The minimum absolute atomic E-state index is 0.147. The highest BCUT2D eigenvalue weighted by Crippen LogP contribution is 2.45. The van der Waals surface area contributed by atoms with E-state index in [0.717, 1.165) is 6.42 Å². The Bertz CT molecular complexity index is 911. The molecule has 1 fully saturated rings. The molecule has 1 saturated heterocycles. The van der Waals surface area contributed by atoms with Crippen LogP contribution in [0.5, 0.6) is 0 Å². The molecule has 0 aromatic heterocycles. The molecule has 0 radical (unpaired) electrons. The molecule has 0 N–H and O–H groups in total. The topological polar surface area (TPSA) is 9.23 Å². The number of fused-ring (bicyclic) bond motifs is 3. The van der Waals surface area contributed by atoms with Gasteiger partial charge in [0.05, 0.1) is 12.7 Å². The van der Waals surface area contributed by atoms with Gasteiger partial charge >= 0.3 is 0 Å². The van der Waals surface area contributed by atoms with Crippen LogP contribution in [0.25, 0.3) is 11.1 Å². The second-order valence-corrected chi connectivity index (χ2v) is 7.06. The molecule has 1 heterocycles. The summed E-state index contributed by atoms with van der Waals surface area (Å²) in [6.07, 6.45) is 2.84. The number of hydrogen-bond donors (Lipinski definition) is 0. The van der Waals surface area contributed by atoms with Gasteiger partial charge < -0.3 is 4.74 Å². The zero-order valence-corrected chi connectivity index (χ0v) is 14.3. The van der Waals surface area contributed by atoms with Crippen LogP contribution in [-0.2, 0) is 11.2 Å². The first-order chi connectivity index (χ1) is 12.4. The van der Waals surface area contributed by atoms with Crippen molar-refractivity contribution in [1.29, 1.82) is 0 Å². The highest BCUT2D eigenvalue weighted by Gasteiger charge is 2.33. The van der Waals surface area contributed by atoms with Crippen LogP contribution in [0.1, 0.15) is 41.2 Å². The Labute approximate surface area is 149 Å². The van der Waals surface area contributed by atoms with Gasteiger partial charge in [0, 0.05) is 22.6 Å². The summed E-state index contributed by atoms with van der Waals surface area (Å²) in [6, 6.07) is 3.04. The monoisotopic (exact) mass is 362 g/mol. The van der Waals surface area contributed by atoms with Crippen molar-refractivity contribution in [2.75, 3.05) is 6.61 Å². The number of benzene rings is 2. The molecule has 1 aliphatic carbocycles. The van der Waals surface area contributed by atoms with E-state index in [-0.39, 0.29) is 34.6 Å². The molecule has 136 valence electrons. The molecule has 5 heteroatoms. The standard InChI is InChI=1S/C21H18F4O/c1-3-11-4-5-15(26-9-11)14-8-13-7-12-6-10(2)18(22)20(24)16(12)17(13)21(25)19(14)23/h3,6,8,11,15H,1,4-5,7,9H2,2H3. The molecule has 2 aliphatic rings. The third-order valence-corrected chi connectivity index (χ3v) is 5.41. The Morgan fingerprint density at radius 3 is 2.23 bits per heavy atom. The molecule has 1 aliphatic heterocycles. The van der Waals surface area contributed by atoms with Crippen molar-refractivity contribution in [3.63, 3.8) is 0 Å². The summed E-state index contributed by atoms with van der Waals surface area (Å²) in [5.41, 5.74) is 0.908. The number of rotatable bonds is 2. The lowest BCUT2D eigenvalue weighted by atomic mass is 9.92. The van der Waals surface area contributed by atoms with Gasteiger partial charge in [-0.2, -0.15) is 0 Å². The van der Waals surface area contributed by atoms with E-state index in [1.54, 1.807) is 12.1 Å². The lowest BCUT2D eigenvalue weighted by molar-refractivity contribution is -0.00736. The van der Waals surface area contributed by atoms with Crippen molar-refractivity contribution in [3.8, 4) is 11.1 Å². The molecule has 2 atom stereocenters. The molecule has 0 bridgehead atoms. The van der Waals surface area contributed by atoms with Gasteiger partial charge in [0.25, 0.3) is 0 Å². The minimum Gasteiger partial charge on any atom is -0.373 e. The van der Waals surface area contributed by atoms with E-state index < -0.39 is 29.4 Å². The van der Waals surface area contributed by atoms with E-state index in [4.69, 9.17) is 4.74 Å². The van der Waals surface area contributed by atoms with Gasteiger partial charge in [-0.1, -0.05) is 12.1 Å². The van der Waals surface area contributed by atoms with Crippen LogP contribution in [0.2, 0.25) is 0 Å². The average molecular weight is 362 g/mol. The minimum atomic E-state index is -1.13. The Kier molecular flexibility index (Phi) is 4.14. The summed E-state index contributed by atoms with van der Waals surface area (Å²) < 4.78 is 63.6. The molecule has 0 saturated carbocycles. The van der Waals surface area contributed by atoms with Crippen LogP contribution in [0, 0.1) is 36.1 Å². The van der Waals surface area contributed by atoms with Gasteiger partial charge in [0.2, 0.25) is 0 Å². The number of hydrogen-bond acceptors (Lipinski definition) is 1. The van der Waals surface area contributed by atoms with Crippen molar-refractivity contribution in [1.82, 2.24) is 0 Å². The molecule has 4 rings (SSSR count). The highest BCUT2D eigenvalue weighted by atomic mass is 19.2. The van der Waals surface area contributed by atoms with E-state index in [1.807, 2.05) is 0 Å². The van der Waals surface area contributed by atoms with E-state index in [2.05, 4.69) is 6.58 Å². The third-order valence-electron chi connectivity index (χ3n) is 5.41. The average Bonchev–Trinajstić information content (AvgIpc) is 3.01. The van der Waals surface area contributed by atoms with Crippen LogP contribution in [0.3, 0.4) is 0 Å². The number of ether oxygens (including phenoxy) is 1. The summed E-state index contributed by atoms with van der Waals surface area (Å²) in [7, 11) is 0. The van der Waals surface area contributed by atoms with Crippen LogP contribution in [-0.4, -0.2) is 6.61 Å². The first-order valence-electron chi connectivity index (χ1n) is 8.65. The number of aryl methyl sites for hydroxylation is 1. The maximum Gasteiger partial charge on any atom is 0.167 e. The second-order valence-electron chi connectivity index (χ2n) is 7.06. The van der Waals surface area contributed by atoms with E-state index >= 15 is 0 Å². The van der Waals surface area contributed by atoms with Crippen LogP contribution < -0.4 is 0 Å². The predicted octanol–water partition coefficient (Wildman–Crippen LogP) is 5.78. The predicted molar refractivity (Wildman–Crippen MR) is 90.9 cm³/mol. The fourth-order valence-corrected chi connectivity index (χ4v) is 3.98. The quantitative estimate of drug-likeness (QED) is 0.415. The van der Waals surface area contributed by atoms with Gasteiger partial charge in [-0.05, 0) is 48.9 Å². The van der Waals surface area contributed by atoms with E-state index in [9.17, 15) is 17.6 Å². The van der Waals surface area contributed by atoms with E-state index in [0.29, 0.717) is 24.2 Å². The molecule has 0 spiro atoms. The summed E-state index contributed by atoms with van der Waals surface area (Å²) in [6.45, 7) is 5.59. The lowest BCUT2D eigenvalue weighted by Crippen LogP contribution is -2.20. The van der Waals surface area contributed by atoms with Crippen molar-refractivity contribution in [2.45, 2.75) is 32.3 Å². The zero-order chi connectivity index (χ0) is 18.6. The maximum absolute atomic E-state index is 14.8. The Balaban J connectivity index is 1.79. The summed E-state index contributed by atoms with van der Waals surface area (Å²) in [5.74, 6) is -4.11. The van der Waals surface area contributed by atoms with Gasteiger partial charge in [-0.25, -0.2) is 17.6 Å². The Hall–Kier alpha value is -2.14. The largest absolute Gasteiger partial charge is 0.373 e. The number of halogens is 4. The lowest BCUT2D eigenvalue weighted by Gasteiger charge is -2.28. The summed E-state index contributed by atoms with van der Waals surface area (Å²) in [5, 5.41) is 0. The third kappa shape index (κ3) is 2.49. The van der Waals surface area contributed by atoms with Crippen LogP contribution in [0.15, 0.2) is 24.8 Å². The van der Waals surface area contributed by atoms with Gasteiger partial charge in [-0.15, -0.1) is 6.58 Å². The van der Waals surface area contributed by atoms with Gasteiger partial charge in [-0.3, -0.25) is 0 Å². The molecule has 2 aromatic carbocycles. The molecule has 1 nitrogen and oxygen atoms in total. The fraction of sp³-hybridized carbons (Fsp3) is 0.333. The first kappa shape index (κ1) is 17.3. The first-order valence-corrected chi connectivity index (χ1v) is 8.65. The highest BCUT2D eigenvalue weighted by molar-refractivity contribution is 5.79. The second kappa shape index (κ2) is 6.23. The Morgan fingerprint density at radius 1 is 0.962 bits per heavy atom. The van der Waals surface area contributed by atoms with Gasteiger partial charge in [0.1, 0.15) is 0 Å². The molecule has 0 amide bonds. The molecular formula is C21H18F4O. The van der Waals surface area contributed by atoms with Crippen molar-refractivity contribution < 1.29 is 22.3 Å². The van der Waals surface area contributed by atoms with E-state index in [1.165, 1.54) is 13.0 Å². The maximum atomic E-state index is 14.8. The molecule has 2 aromatic rings. The van der Waals surface area contributed by atoms with Crippen molar-refractivity contribution in [2.24, 2.45) is 5.92 Å². The van der Waals surface area contributed by atoms with Crippen LogP contribution >= 0.6 is 0 Å². The molecular weight excluding hydrogens is 344 g/mol. The van der Waals surface area contributed by atoms with Gasteiger partial charge in [0.15, 0.2) is 23.3 Å². The normalized spacial score (nSPS) is 21.4. The smallest absolute Gasteiger partial charge is 0.167 e. The zero-order valence-electron chi connectivity index (χ0n) is 14.3. The summed E-state index contributed by atoms with van der Waals surface area (Å²) in [4.78, 5) is 0. The van der Waals surface area contributed by atoms with Crippen LogP contribution in [0.4, 0.5) is 17.6 Å². The Morgan fingerprint density at radius 2 is 1.62 bits per heavy atom. The van der Waals surface area contributed by atoms with Crippen molar-refractivity contribution >= 4 is 0 Å². The summed E-state index contributed by atoms with van der Waals surface area (Å²) >= 11 is 0. The molecule has 26 heavy (non-hydrogen) atoms. The molecule has 2 unspecified atom stereocenters. The SMILES string of the molecule is C=CC1CCC(c2cc3c(c(F)c2F)-c2c(cc(C)c(F)c2F)C3)OC1. The van der Waals surface area contributed by atoms with Crippen molar-refractivity contribution in [3.05, 3.63) is 70.3 Å².